The lowest BCUT2D eigenvalue weighted by atomic mass is 10.3. The van der Waals surface area contributed by atoms with Crippen molar-refractivity contribution >= 4 is 29.2 Å². The number of rotatable bonds is 2. The molecular formula is C10H6Cl2N2O3. The third-order valence-electron chi connectivity index (χ3n) is 2.07. The van der Waals surface area contributed by atoms with Crippen LogP contribution in [0.3, 0.4) is 0 Å². The highest BCUT2D eigenvalue weighted by atomic mass is 35.5. The second-order valence-electron chi connectivity index (χ2n) is 3.21. The summed E-state index contributed by atoms with van der Waals surface area (Å²) in [4.78, 5) is 10.7. The SMILES string of the molecule is O=C(O)c1nn(-c2ccc(Cl)c(Cl)c2)cc1O. The third kappa shape index (κ3) is 2.20. The van der Waals surface area contributed by atoms with Gasteiger partial charge in [0.05, 0.1) is 21.9 Å². The normalized spacial score (nSPS) is 10.5. The van der Waals surface area contributed by atoms with Gasteiger partial charge in [0.1, 0.15) is 0 Å². The summed E-state index contributed by atoms with van der Waals surface area (Å²) in [6.07, 6.45) is 1.18. The molecule has 0 bridgehead atoms. The highest BCUT2D eigenvalue weighted by Gasteiger charge is 2.15. The maximum absolute atomic E-state index is 10.7. The monoisotopic (exact) mass is 272 g/mol. The summed E-state index contributed by atoms with van der Waals surface area (Å²) in [6.45, 7) is 0. The number of aromatic hydroxyl groups is 1. The Labute approximate surface area is 106 Å². The van der Waals surface area contributed by atoms with Crippen LogP contribution in [-0.2, 0) is 0 Å². The molecule has 1 aromatic carbocycles. The zero-order valence-corrected chi connectivity index (χ0v) is 9.77. The second-order valence-corrected chi connectivity index (χ2v) is 4.03. The zero-order valence-electron chi connectivity index (χ0n) is 8.26. The van der Waals surface area contributed by atoms with Crippen LogP contribution in [0.5, 0.6) is 5.75 Å². The summed E-state index contributed by atoms with van der Waals surface area (Å²) in [7, 11) is 0. The molecule has 1 heterocycles. The molecule has 7 heteroatoms. The Morgan fingerprint density at radius 2 is 2.00 bits per heavy atom. The summed E-state index contributed by atoms with van der Waals surface area (Å²) in [5.41, 5.74) is 0.0817. The number of hydrogen-bond donors (Lipinski definition) is 2. The van der Waals surface area contributed by atoms with Crippen molar-refractivity contribution in [2.24, 2.45) is 0 Å². The van der Waals surface area contributed by atoms with Crippen LogP contribution in [0.25, 0.3) is 5.69 Å². The van der Waals surface area contributed by atoms with E-state index >= 15 is 0 Å². The highest BCUT2D eigenvalue weighted by molar-refractivity contribution is 6.42. The van der Waals surface area contributed by atoms with Gasteiger partial charge in [-0.25, -0.2) is 9.48 Å². The Hall–Kier alpha value is -1.72. The Kier molecular flexibility index (Phi) is 2.95. The van der Waals surface area contributed by atoms with Crippen molar-refractivity contribution in [3.05, 3.63) is 40.1 Å². The van der Waals surface area contributed by atoms with Crippen LogP contribution >= 0.6 is 23.2 Å². The van der Waals surface area contributed by atoms with Gasteiger partial charge in [-0.05, 0) is 18.2 Å². The van der Waals surface area contributed by atoms with E-state index in [-0.39, 0.29) is 0 Å². The Morgan fingerprint density at radius 3 is 2.53 bits per heavy atom. The minimum absolute atomic E-state index is 0.316. The average molecular weight is 273 g/mol. The number of carboxylic acids is 1. The third-order valence-corrected chi connectivity index (χ3v) is 2.80. The molecule has 0 amide bonds. The van der Waals surface area contributed by atoms with Crippen LogP contribution in [0.15, 0.2) is 24.4 Å². The van der Waals surface area contributed by atoms with Crippen LogP contribution in [0.1, 0.15) is 10.5 Å². The standard InChI is InChI=1S/C10H6Cl2N2O3/c11-6-2-1-5(3-7(6)12)14-4-8(15)9(13-14)10(16)17/h1-4,15H,(H,16,17). The Balaban J connectivity index is 2.50. The summed E-state index contributed by atoms with van der Waals surface area (Å²) < 4.78 is 1.21. The fraction of sp³-hybridized carbons (Fsp3) is 0. The van der Waals surface area contributed by atoms with Crippen molar-refractivity contribution < 1.29 is 15.0 Å². The fourth-order valence-corrected chi connectivity index (χ4v) is 1.57. The predicted molar refractivity (Wildman–Crippen MR) is 62.2 cm³/mol. The molecule has 0 atom stereocenters. The van der Waals surface area contributed by atoms with Crippen molar-refractivity contribution in [2.45, 2.75) is 0 Å². The zero-order chi connectivity index (χ0) is 12.6. The predicted octanol–water partition coefficient (Wildman–Crippen LogP) is 2.58. The summed E-state index contributed by atoms with van der Waals surface area (Å²) in [6, 6.07) is 4.67. The molecule has 2 aromatic rings. The molecule has 0 fully saturated rings. The van der Waals surface area contributed by atoms with Crippen molar-refractivity contribution in [1.29, 1.82) is 0 Å². The van der Waals surface area contributed by atoms with Crippen molar-refractivity contribution in [1.82, 2.24) is 9.78 Å². The van der Waals surface area contributed by atoms with Gasteiger partial charge in [0.2, 0.25) is 5.69 Å². The number of carbonyl (C=O) groups is 1. The van der Waals surface area contributed by atoms with Crippen LogP contribution in [0.4, 0.5) is 0 Å². The number of halogens is 2. The maximum Gasteiger partial charge on any atom is 0.360 e. The van der Waals surface area contributed by atoms with Gasteiger partial charge in [0.25, 0.3) is 0 Å². The van der Waals surface area contributed by atoms with Gasteiger partial charge in [0, 0.05) is 0 Å². The van der Waals surface area contributed by atoms with Gasteiger partial charge < -0.3 is 10.2 Å². The number of hydrogen-bond acceptors (Lipinski definition) is 3. The first kappa shape index (κ1) is 11.8. The average Bonchev–Trinajstić information content (AvgIpc) is 2.64. The molecule has 17 heavy (non-hydrogen) atoms. The molecule has 0 radical (unpaired) electrons. The quantitative estimate of drug-likeness (QED) is 0.881. The molecule has 0 aliphatic heterocycles. The van der Waals surface area contributed by atoms with Gasteiger partial charge >= 0.3 is 5.97 Å². The summed E-state index contributed by atoms with van der Waals surface area (Å²) in [5, 5.41) is 22.5. The molecule has 0 saturated heterocycles. The first-order chi connectivity index (χ1) is 7.99. The number of aromatic nitrogens is 2. The number of aromatic carboxylic acids is 1. The van der Waals surface area contributed by atoms with Gasteiger partial charge in [-0.3, -0.25) is 0 Å². The molecule has 0 spiro atoms. The molecule has 88 valence electrons. The Morgan fingerprint density at radius 1 is 1.29 bits per heavy atom. The topological polar surface area (TPSA) is 75.3 Å². The van der Waals surface area contributed by atoms with Crippen molar-refractivity contribution in [2.75, 3.05) is 0 Å². The number of carboxylic acid groups (broad SMARTS) is 1. The van der Waals surface area contributed by atoms with Crippen LogP contribution in [-0.4, -0.2) is 26.0 Å². The van der Waals surface area contributed by atoms with E-state index in [1.165, 1.54) is 16.9 Å². The van der Waals surface area contributed by atoms with E-state index in [4.69, 9.17) is 28.3 Å². The highest BCUT2D eigenvalue weighted by Crippen LogP contribution is 2.25. The first-order valence-corrected chi connectivity index (χ1v) is 5.22. The molecule has 1 aromatic heterocycles. The van der Waals surface area contributed by atoms with E-state index in [2.05, 4.69) is 5.10 Å². The second kappa shape index (κ2) is 4.27. The first-order valence-electron chi connectivity index (χ1n) is 4.46. The van der Waals surface area contributed by atoms with E-state index < -0.39 is 17.4 Å². The van der Waals surface area contributed by atoms with Gasteiger partial charge in [-0.15, -0.1) is 0 Å². The molecule has 0 saturated carbocycles. The minimum atomic E-state index is -1.30. The lowest BCUT2D eigenvalue weighted by molar-refractivity contribution is 0.0687. The van der Waals surface area contributed by atoms with E-state index in [0.29, 0.717) is 15.7 Å². The largest absolute Gasteiger partial charge is 0.504 e. The van der Waals surface area contributed by atoms with Crippen LogP contribution in [0.2, 0.25) is 10.0 Å². The smallest absolute Gasteiger partial charge is 0.360 e. The van der Waals surface area contributed by atoms with E-state index in [0.717, 1.165) is 0 Å². The maximum atomic E-state index is 10.7. The molecule has 0 aliphatic carbocycles. The number of nitrogens with zero attached hydrogens (tertiary/aromatic N) is 2. The molecule has 2 rings (SSSR count). The Bertz CT molecular complexity index is 595. The van der Waals surface area contributed by atoms with Crippen molar-refractivity contribution in [3.8, 4) is 11.4 Å². The lowest BCUT2D eigenvalue weighted by Gasteiger charge is -2.02. The lowest BCUT2D eigenvalue weighted by Crippen LogP contribution is -2.01. The fourth-order valence-electron chi connectivity index (χ4n) is 1.28. The molecule has 2 N–H and O–H groups in total. The molecular weight excluding hydrogens is 267 g/mol. The molecule has 0 aliphatic rings. The number of benzene rings is 1. The van der Waals surface area contributed by atoms with Crippen molar-refractivity contribution in [3.63, 3.8) is 0 Å². The van der Waals surface area contributed by atoms with E-state index in [9.17, 15) is 9.90 Å². The van der Waals surface area contributed by atoms with Crippen LogP contribution in [0, 0.1) is 0 Å². The van der Waals surface area contributed by atoms with Gasteiger partial charge in [0.15, 0.2) is 5.75 Å². The van der Waals surface area contributed by atoms with E-state index in [1.807, 2.05) is 0 Å². The summed E-state index contributed by atoms with van der Waals surface area (Å²) in [5.74, 6) is -1.72. The van der Waals surface area contributed by atoms with Gasteiger partial charge in [-0.2, -0.15) is 5.10 Å². The van der Waals surface area contributed by atoms with E-state index in [1.54, 1.807) is 12.1 Å². The molecule has 5 nitrogen and oxygen atoms in total. The van der Waals surface area contributed by atoms with Gasteiger partial charge in [-0.1, -0.05) is 23.2 Å². The minimum Gasteiger partial charge on any atom is -0.504 e. The molecule has 0 unspecified atom stereocenters. The van der Waals surface area contributed by atoms with Crippen LogP contribution < -0.4 is 0 Å². The summed E-state index contributed by atoms with van der Waals surface area (Å²) >= 11 is 11.6.